The minimum atomic E-state index is -1.14. The molecule has 0 aliphatic heterocycles. The van der Waals surface area contributed by atoms with Gasteiger partial charge in [0.2, 0.25) is 0 Å². The first-order chi connectivity index (χ1) is 15.0. The van der Waals surface area contributed by atoms with Crippen LogP contribution in [0.5, 0.6) is 5.75 Å². The monoisotopic (exact) mass is 410 g/mol. The molecule has 0 radical (unpaired) electrons. The minimum Gasteiger partial charge on any atom is -0.507 e. The summed E-state index contributed by atoms with van der Waals surface area (Å²) in [4.78, 5) is 40.1. The van der Waals surface area contributed by atoms with Crippen LogP contribution in [0.3, 0.4) is 0 Å². The molecule has 5 heteroatoms. The van der Waals surface area contributed by atoms with Gasteiger partial charge in [0.25, 0.3) is 0 Å². The lowest BCUT2D eigenvalue weighted by Crippen LogP contribution is -2.27. The molecule has 2 aliphatic carbocycles. The van der Waals surface area contributed by atoms with E-state index in [-0.39, 0.29) is 28.7 Å². The van der Waals surface area contributed by atoms with E-state index in [4.69, 9.17) is 4.74 Å². The van der Waals surface area contributed by atoms with E-state index in [1.165, 1.54) is 7.11 Å². The van der Waals surface area contributed by atoms with Gasteiger partial charge in [0.05, 0.1) is 18.6 Å². The lowest BCUT2D eigenvalue weighted by molar-refractivity contribution is 0.0821. The fourth-order valence-electron chi connectivity index (χ4n) is 4.60. The van der Waals surface area contributed by atoms with Crippen molar-refractivity contribution in [3.05, 3.63) is 106 Å². The number of allylic oxidation sites excluding steroid dienone is 1. The molecule has 1 atom stereocenters. The standard InChI is InChI=1S/C26H18O5/c1-31-15-8-6-7-14(13-15)20(21-23(27)16-9-2-3-10-17(16)24(21)28)22-25(29)18-11-4-5-12-19(18)26(22)30/h2-13,20-21,29H,1H3/t20-/m0/s1. The molecule has 5 rings (SSSR count). The van der Waals surface area contributed by atoms with Gasteiger partial charge in [-0.25, -0.2) is 0 Å². The molecule has 0 heterocycles. The number of methoxy groups -OCH3 is 1. The van der Waals surface area contributed by atoms with Crippen LogP contribution in [0.25, 0.3) is 5.76 Å². The van der Waals surface area contributed by atoms with Crippen LogP contribution in [0.1, 0.15) is 48.1 Å². The second-order valence-corrected chi connectivity index (χ2v) is 7.64. The highest BCUT2D eigenvalue weighted by molar-refractivity contribution is 6.29. The van der Waals surface area contributed by atoms with Crippen molar-refractivity contribution < 1.29 is 24.2 Å². The Morgan fingerprint density at radius 3 is 1.94 bits per heavy atom. The Morgan fingerprint density at radius 1 is 0.774 bits per heavy atom. The van der Waals surface area contributed by atoms with Crippen LogP contribution in [0.2, 0.25) is 0 Å². The van der Waals surface area contributed by atoms with Gasteiger partial charge in [-0.05, 0) is 17.7 Å². The Kier molecular flexibility index (Phi) is 4.33. The molecule has 0 saturated carbocycles. The lowest BCUT2D eigenvalue weighted by Gasteiger charge is -2.23. The first-order valence-electron chi connectivity index (χ1n) is 9.91. The van der Waals surface area contributed by atoms with E-state index in [0.717, 1.165) is 0 Å². The normalized spacial score (nSPS) is 16.5. The summed E-state index contributed by atoms with van der Waals surface area (Å²) in [6.07, 6.45) is 0. The number of ketones is 3. The Balaban J connectivity index is 1.73. The van der Waals surface area contributed by atoms with Gasteiger partial charge in [0, 0.05) is 28.2 Å². The van der Waals surface area contributed by atoms with Crippen molar-refractivity contribution in [2.45, 2.75) is 5.92 Å². The van der Waals surface area contributed by atoms with Crippen molar-refractivity contribution in [3.8, 4) is 5.75 Å². The van der Waals surface area contributed by atoms with E-state index in [1.807, 2.05) is 0 Å². The molecule has 152 valence electrons. The minimum absolute atomic E-state index is 0.0639. The Hall–Kier alpha value is -3.99. The largest absolute Gasteiger partial charge is 0.507 e. The van der Waals surface area contributed by atoms with E-state index in [1.54, 1.807) is 72.8 Å². The van der Waals surface area contributed by atoms with E-state index in [0.29, 0.717) is 33.6 Å². The summed E-state index contributed by atoms with van der Waals surface area (Å²) in [6, 6.07) is 20.3. The van der Waals surface area contributed by atoms with Crippen LogP contribution in [-0.2, 0) is 0 Å². The number of Topliss-reactive ketones (excluding diaryl/α,β-unsaturated/α-hetero) is 3. The molecule has 3 aromatic carbocycles. The Bertz CT molecular complexity index is 1270. The number of fused-ring (bicyclic) bond motifs is 2. The van der Waals surface area contributed by atoms with Crippen molar-refractivity contribution in [2.24, 2.45) is 5.92 Å². The zero-order valence-corrected chi connectivity index (χ0v) is 16.7. The van der Waals surface area contributed by atoms with Crippen molar-refractivity contribution >= 4 is 23.1 Å². The molecule has 0 saturated heterocycles. The van der Waals surface area contributed by atoms with Crippen molar-refractivity contribution in [1.82, 2.24) is 0 Å². The number of ether oxygens (including phenoxy) is 1. The molecular weight excluding hydrogens is 392 g/mol. The zero-order chi connectivity index (χ0) is 21.7. The number of carbonyl (C=O) groups excluding carboxylic acids is 3. The summed E-state index contributed by atoms with van der Waals surface area (Å²) >= 11 is 0. The number of aliphatic hydroxyl groups is 1. The van der Waals surface area contributed by atoms with Gasteiger partial charge in [-0.15, -0.1) is 0 Å². The fourth-order valence-corrected chi connectivity index (χ4v) is 4.60. The zero-order valence-electron chi connectivity index (χ0n) is 16.7. The number of hydrogen-bond acceptors (Lipinski definition) is 5. The smallest absolute Gasteiger partial charge is 0.194 e. The molecule has 1 N–H and O–H groups in total. The topological polar surface area (TPSA) is 80.7 Å². The van der Waals surface area contributed by atoms with Gasteiger partial charge in [0.1, 0.15) is 11.5 Å². The van der Waals surface area contributed by atoms with E-state index >= 15 is 0 Å². The van der Waals surface area contributed by atoms with E-state index in [9.17, 15) is 19.5 Å². The molecule has 0 amide bonds. The van der Waals surface area contributed by atoms with Crippen LogP contribution in [0, 0.1) is 5.92 Å². The maximum absolute atomic E-state index is 13.4. The summed E-state index contributed by atoms with van der Waals surface area (Å²) in [7, 11) is 1.52. The van der Waals surface area contributed by atoms with Crippen LogP contribution in [-0.4, -0.2) is 29.6 Å². The van der Waals surface area contributed by atoms with E-state index < -0.39 is 11.8 Å². The summed E-state index contributed by atoms with van der Waals surface area (Å²) in [5, 5.41) is 11.0. The van der Waals surface area contributed by atoms with Crippen molar-refractivity contribution in [2.75, 3.05) is 7.11 Å². The van der Waals surface area contributed by atoms with Crippen LogP contribution in [0.4, 0.5) is 0 Å². The van der Waals surface area contributed by atoms with Gasteiger partial charge in [-0.1, -0.05) is 60.7 Å². The second kappa shape index (κ2) is 7.06. The molecular formula is C26H18O5. The average Bonchev–Trinajstić information content (AvgIpc) is 3.21. The molecule has 3 aromatic rings. The molecule has 0 fully saturated rings. The van der Waals surface area contributed by atoms with Crippen LogP contribution < -0.4 is 4.74 Å². The first kappa shape index (κ1) is 19.0. The third-order valence-corrected chi connectivity index (χ3v) is 6.05. The van der Waals surface area contributed by atoms with Crippen molar-refractivity contribution in [1.29, 1.82) is 0 Å². The number of carbonyl (C=O) groups is 3. The number of hydrogen-bond donors (Lipinski definition) is 1. The molecule has 0 spiro atoms. The highest BCUT2D eigenvalue weighted by atomic mass is 16.5. The summed E-state index contributed by atoms with van der Waals surface area (Å²) in [5.74, 6) is -2.82. The van der Waals surface area contributed by atoms with Gasteiger partial charge >= 0.3 is 0 Å². The quantitative estimate of drug-likeness (QED) is 0.634. The lowest BCUT2D eigenvalue weighted by atomic mass is 9.76. The average molecular weight is 410 g/mol. The van der Waals surface area contributed by atoms with Crippen LogP contribution >= 0.6 is 0 Å². The SMILES string of the molecule is COc1cccc([C@H](C2=C(O)c3ccccc3C2=O)C2C(=O)c3ccccc3C2=O)c1. The first-order valence-corrected chi connectivity index (χ1v) is 9.91. The third-order valence-electron chi connectivity index (χ3n) is 6.05. The third kappa shape index (κ3) is 2.74. The van der Waals surface area contributed by atoms with Gasteiger partial charge < -0.3 is 9.84 Å². The Labute approximate surface area is 178 Å². The van der Waals surface area contributed by atoms with Crippen LogP contribution in [0.15, 0.2) is 78.4 Å². The molecule has 0 aromatic heterocycles. The van der Waals surface area contributed by atoms with Crippen molar-refractivity contribution in [3.63, 3.8) is 0 Å². The predicted octanol–water partition coefficient (Wildman–Crippen LogP) is 4.64. The van der Waals surface area contributed by atoms with Gasteiger partial charge in [-0.2, -0.15) is 0 Å². The summed E-state index contributed by atoms with van der Waals surface area (Å²) in [5.41, 5.74) is 2.07. The molecule has 0 unspecified atom stereocenters. The fraction of sp³-hybridized carbons (Fsp3) is 0.115. The number of rotatable bonds is 4. The molecule has 0 bridgehead atoms. The molecule has 5 nitrogen and oxygen atoms in total. The van der Waals surface area contributed by atoms with Gasteiger partial charge in [0.15, 0.2) is 17.3 Å². The Morgan fingerprint density at radius 2 is 1.35 bits per heavy atom. The molecule has 2 aliphatic rings. The second-order valence-electron chi connectivity index (χ2n) is 7.64. The summed E-state index contributed by atoms with van der Waals surface area (Å²) in [6.45, 7) is 0. The van der Waals surface area contributed by atoms with E-state index in [2.05, 4.69) is 0 Å². The number of aliphatic hydroxyl groups excluding tert-OH is 1. The maximum atomic E-state index is 13.4. The highest BCUT2D eigenvalue weighted by Gasteiger charge is 2.49. The summed E-state index contributed by atoms with van der Waals surface area (Å²) < 4.78 is 5.33. The highest BCUT2D eigenvalue weighted by Crippen LogP contribution is 2.47. The molecule has 31 heavy (non-hydrogen) atoms. The number of benzene rings is 3. The van der Waals surface area contributed by atoms with Gasteiger partial charge in [-0.3, -0.25) is 14.4 Å². The predicted molar refractivity (Wildman–Crippen MR) is 115 cm³/mol. The maximum Gasteiger partial charge on any atom is 0.194 e.